The molecule has 1 atom stereocenters. The quantitative estimate of drug-likeness (QED) is 0.273. The minimum atomic E-state index is -0.662. The summed E-state index contributed by atoms with van der Waals surface area (Å²) in [5, 5.41) is 4.75. The van der Waals surface area contributed by atoms with Crippen LogP contribution in [0.1, 0.15) is 47.8 Å². The number of aryl methyl sites for hydroxylation is 1. The fourth-order valence-electron chi connectivity index (χ4n) is 4.58. The standard InChI is InChI=1S/C28H30Cl2N2O4/c1-5-12-36-27(34)20(13-17(2)3)18-6-8-19(9-7-18)28(15-35-16-28)31-26(33)24-14-21-23(32(24)4)11-10-22(29)25(21)30/h5-11,14,17,20H,1,12-13,15-16H2,2-4H3,(H,31,33). The summed E-state index contributed by atoms with van der Waals surface area (Å²) in [4.78, 5) is 26.0. The van der Waals surface area contributed by atoms with Crippen molar-refractivity contribution in [1.29, 1.82) is 0 Å². The van der Waals surface area contributed by atoms with Gasteiger partial charge in [-0.05, 0) is 41.7 Å². The van der Waals surface area contributed by atoms with Gasteiger partial charge in [0.15, 0.2) is 0 Å². The van der Waals surface area contributed by atoms with Crippen molar-refractivity contribution in [2.75, 3.05) is 19.8 Å². The number of esters is 1. The van der Waals surface area contributed by atoms with Crippen LogP contribution in [0.25, 0.3) is 10.9 Å². The highest BCUT2D eigenvalue weighted by Crippen LogP contribution is 2.35. The first-order valence-corrected chi connectivity index (χ1v) is 12.6. The van der Waals surface area contributed by atoms with Crippen molar-refractivity contribution in [2.24, 2.45) is 13.0 Å². The third kappa shape index (κ3) is 5.03. The van der Waals surface area contributed by atoms with Gasteiger partial charge in [0.25, 0.3) is 5.91 Å². The fourth-order valence-corrected chi connectivity index (χ4v) is 4.96. The lowest BCUT2D eigenvalue weighted by Gasteiger charge is -2.42. The van der Waals surface area contributed by atoms with Gasteiger partial charge in [-0.2, -0.15) is 0 Å². The summed E-state index contributed by atoms with van der Waals surface area (Å²) in [6.07, 6.45) is 2.24. The lowest BCUT2D eigenvalue weighted by molar-refractivity contribution is -0.144. The lowest BCUT2D eigenvalue weighted by Crippen LogP contribution is -2.59. The Morgan fingerprint density at radius 3 is 2.47 bits per heavy atom. The van der Waals surface area contributed by atoms with Crippen LogP contribution in [0.4, 0.5) is 0 Å². The van der Waals surface area contributed by atoms with E-state index in [0.717, 1.165) is 22.0 Å². The number of rotatable bonds is 9. The predicted octanol–water partition coefficient (Wildman–Crippen LogP) is 6.00. The number of amides is 1. The van der Waals surface area contributed by atoms with E-state index in [1.807, 2.05) is 37.4 Å². The van der Waals surface area contributed by atoms with Gasteiger partial charge in [-0.1, -0.05) is 74.0 Å². The van der Waals surface area contributed by atoms with E-state index in [4.69, 9.17) is 32.7 Å². The van der Waals surface area contributed by atoms with Gasteiger partial charge in [0, 0.05) is 18.0 Å². The van der Waals surface area contributed by atoms with Crippen LogP contribution < -0.4 is 5.32 Å². The molecule has 3 aromatic rings. The molecule has 1 aliphatic rings. The minimum Gasteiger partial charge on any atom is -0.461 e. The molecule has 4 rings (SSSR count). The molecule has 0 aliphatic carbocycles. The molecule has 2 heterocycles. The number of hydrogen-bond donors (Lipinski definition) is 1. The third-order valence-electron chi connectivity index (χ3n) is 6.60. The van der Waals surface area contributed by atoms with Crippen LogP contribution in [0.3, 0.4) is 0 Å². The minimum absolute atomic E-state index is 0.184. The van der Waals surface area contributed by atoms with E-state index in [1.165, 1.54) is 0 Å². The van der Waals surface area contributed by atoms with Gasteiger partial charge in [0.1, 0.15) is 17.8 Å². The number of carbonyl (C=O) groups excluding carboxylic acids is 2. The number of ether oxygens (including phenoxy) is 2. The van der Waals surface area contributed by atoms with Crippen LogP contribution in [-0.4, -0.2) is 36.3 Å². The number of nitrogens with zero attached hydrogens (tertiary/aromatic N) is 1. The Labute approximate surface area is 221 Å². The van der Waals surface area contributed by atoms with Crippen LogP contribution in [0.2, 0.25) is 10.0 Å². The summed E-state index contributed by atoms with van der Waals surface area (Å²) in [5.74, 6) is -0.546. The van der Waals surface area contributed by atoms with Crippen molar-refractivity contribution in [3.05, 3.63) is 82.0 Å². The van der Waals surface area contributed by atoms with Crippen molar-refractivity contribution in [3.63, 3.8) is 0 Å². The fraction of sp³-hybridized carbons (Fsp3) is 0.357. The van der Waals surface area contributed by atoms with Crippen LogP contribution in [-0.2, 0) is 26.9 Å². The Morgan fingerprint density at radius 2 is 1.89 bits per heavy atom. The summed E-state index contributed by atoms with van der Waals surface area (Å²) in [7, 11) is 1.82. The number of nitrogens with one attached hydrogen (secondary N) is 1. The molecule has 1 unspecified atom stereocenters. The number of halogens is 2. The van der Waals surface area contributed by atoms with E-state index in [2.05, 4.69) is 25.7 Å². The summed E-state index contributed by atoms with van der Waals surface area (Å²) >= 11 is 12.5. The topological polar surface area (TPSA) is 69.6 Å². The second-order valence-corrected chi connectivity index (χ2v) is 10.4. The normalized spacial score (nSPS) is 15.4. The summed E-state index contributed by atoms with van der Waals surface area (Å²) in [5.41, 5.74) is 2.41. The van der Waals surface area contributed by atoms with E-state index in [-0.39, 0.29) is 24.4 Å². The van der Waals surface area contributed by atoms with Gasteiger partial charge in [-0.25, -0.2) is 0 Å². The molecule has 0 spiro atoms. The molecule has 6 nitrogen and oxygen atoms in total. The zero-order chi connectivity index (χ0) is 26.0. The first kappa shape index (κ1) is 26.3. The van der Waals surface area contributed by atoms with Gasteiger partial charge >= 0.3 is 5.97 Å². The van der Waals surface area contributed by atoms with Gasteiger partial charge < -0.3 is 19.4 Å². The van der Waals surface area contributed by atoms with Crippen LogP contribution in [0.5, 0.6) is 0 Å². The molecule has 0 bridgehead atoms. The maximum Gasteiger partial charge on any atom is 0.313 e. The average Bonchev–Trinajstić information content (AvgIpc) is 3.17. The molecule has 1 fully saturated rings. The van der Waals surface area contributed by atoms with Gasteiger partial charge in [0.2, 0.25) is 0 Å². The molecular formula is C28H30Cl2N2O4. The zero-order valence-electron chi connectivity index (χ0n) is 20.6. The Kier molecular flexibility index (Phi) is 7.79. The first-order valence-electron chi connectivity index (χ1n) is 11.9. The van der Waals surface area contributed by atoms with Crippen molar-refractivity contribution >= 4 is 46.0 Å². The van der Waals surface area contributed by atoms with E-state index in [9.17, 15) is 9.59 Å². The van der Waals surface area contributed by atoms with Crippen molar-refractivity contribution in [3.8, 4) is 0 Å². The highest BCUT2D eigenvalue weighted by atomic mass is 35.5. The highest BCUT2D eigenvalue weighted by molar-refractivity contribution is 6.45. The molecule has 190 valence electrons. The van der Waals surface area contributed by atoms with Crippen molar-refractivity contribution in [1.82, 2.24) is 9.88 Å². The largest absolute Gasteiger partial charge is 0.461 e. The molecule has 2 aromatic carbocycles. The number of aromatic nitrogens is 1. The molecule has 0 radical (unpaired) electrons. The van der Waals surface area contributed by atoms with Crippen molar-refractivity contribution in [2.45, 2.75) is 31.7 Å². The molecule has 0 saturated carbocycles. The maximum absolute atomic E-state index is 13.4. The second-order valence-electron chi connectivity index (χ2n) is 9.63. The first-order chi connectivity index (χ1) is 17.2. The van der Waals surface area contributed by atoms with Gasteiger partial charge in [-0.3, -0.25) is 9.59 Å². The van der Waals surface area contributed by atoms with Gasteiger partial charge in [0.05, 0.1) is 29.2 Å². The average molecular weight is 529 g/mol. The highest BCUT2D eigenvalue weighted by Gasteiger charge is 2.42. The molecule has 1 saturated heterocycles. The molecule has 1 N–H and O–H groups in total. The third-order valence-corrected chi connectivity index (χ3v) is 7.42. The summed E-state index contributed by atoms with van der Waals surface area (Å²) < 4.78 is 12.7. The van der Waals surface area contributed by atoms with E-state index < -0.39 is 5.54 Å². The van der Waals surface area contributed by atoms with E-state index in [1.54, 1.807) is 22.8 Å². The van der Waals surface area contributed by atoms with E-state index >= 15 is 0 Å². The summed E-state index contributed by atoms with van der Waals surface area (Å²) in [6, 6.07) is 13.1. The van der Waals surface area contributed by atoms with Crippen LogP contribution in [0, 0.1) is 5.92 Å². The zero-order valence-corrected chi connectivity index (χ0v) is 22.2. The number of benzene rings is 2. The van der Waals surface area contributed by atoms with Crippen LogP contribution in [0.15, 0.2) is 55.1 Å². The Balaban J connectivity index is 1.58. The molecule has 1 aromatic heterocycles. The van der Waals surface area contributed by atoms with Crippen LogP contribution >= 0.6 is 23.2 Å². The molecule has 1 aliphatic heterocycles. The van der Waals surface area contributed by atoms with Gasteiger partial charge in [-0.15, -0.1) is 0 Å². The molecular weight excluding hydrogens is 499 g/mol. The predicted molar refractivity (Wildman–Crippen MR) is 143 cm³/mol. The molecule has 36 heavy (non-hydrogen) atoms. The lowest BCUT2D eigenvalue weighted by atomic mass is 9.84. The Morgan fingerprint density at radius 1 is 1.19 bits per heavy atom. The smallest absolute Gasteiger partial charge is 0.313 e. The Bertz CT molecular complexity index is 1290. The Hall–Kier alpha value is -2.80. The van der Waals surface area contributed by atoms with E-state index in [0.29, 0.717) is 41.3 Å². The molecule has 8 heteroatoms. The second kappa shape index (κ2) is 10.7. The monoisotopic (exact) mass is 528 g/mol. The maximum atomic E-state index is 13.4. The number of hydrogen-bond acceptors (Lipinski definition) is 4. The number of carbonyl (C=O) groups is 2. The SMILES string of the molecule is C=CCOC(=O)C(CC(C)C)c1ccc(C2(NC(=O)c3cc4c(Cl)c(Cl)ccc4n3C)COC2)cc1. The molecule has 1 amide bonds. The summed E-state index contributed by atoms with van der Waals surface area (Å²) in [6.45, 7) is 8.65. The van der Waals surface area contributed by atoms with Crippen molar-refractivity contribution < 1.29 is 19.1 Å². The number of fused-ring (bicyclic) bond motifs is 1.